The zero-order valence-corrected chi connectivity index (χ0v) is 17.5. The fraction of sp³-hybridized carbons (Fsp3) is 0.789. The Balaban J connectivity index is 1.93. The van der Waals surface area contributed by atoms with Crippen molar-refractivity contribution in [2.24, 2.45) is 18.0 Å². The average molecular weight is 378 g/mol. The third kappa shape index (κ3) is 6.22. The minimum atomic E-state index is 0.0668. The molecule has 1 aromatic heterocycles. The number of rotatable bonds is 7. The lowest BCUT2D eigenvalue weighted by Gasteiger charge is -2.34. The first-order valence-corrected chi connectivity index (χ1v) is 10.1. The molecule has 1 aliphatic heterocycles. The number of aromatic nitrogens is 3. The Kier molecular flexibility index (Phi) is 8.06. The van der Waals surface area contributed by atoms with Crippen LogP contribution in [0.2, 0.25) is 0 Å². The van der Waals surface area contributed by atoms with Crippen LogP contribution < -0.4 is 10.6 Å². The van der Waals surface area contributed by atoms with Gasteiger partial charge in [-0.3, -0.25) is 4.79 Å². The second kappa shape index (κ2) is 10.3. The highest BCUT2D eigenvalue weighted by Gasteiger charge is 2.24. The topological polar surface area (TPSA) is 87.4 Å². The number of nitrogens with zero attached hydrogens (tertiary/aromatic N) is 5. The molecule has 2 heterocycles. The predicted molar refractivity (Wildman–Crippen MR) is 107 cm³/mol. The normalized spacial score (nSPS) is 16.1. The van der Waals surface area contributed by atoms with Crippen LogP contribution in [-0.4, -0.2) is 57.2 Å². The van der Waals surface area contributed by atoms with Gasteiger partial charge in [0.05, 0.1) is 0 Å². The lowest BCUT2D eigenvalue weighted by atomic mass is 10.0. The van der Waals surface area contributed by atoms with Gasteiger partial charge in [0.25, 0.3) is 0 Å². The van der Waals surface area contributed by atoms with Crippen LogP contribution in [-0.2, 0) is 18.4 Å². The number of hydrogen-bond donors (Lipinski definition) is 2. The molecular formula is C19H35N7O. The molecular weight excluding hydrogens is 342 g/mol. The van der Waals surface area contributed by atoms with Gasteiger partial charge in [-0.2, -0.15) is 0 Å². The Labute approximate surface area is 162 Å². The standard InChI is InChI=1S/C19H35N7O/c1-6-7-10-20-19(21-13-17-24-23-15(4)25(17)5)22-16-8-11-26(12-9-16)18(27)14(2)3/h14,16H,6-13H2,1-5H3,(H2,20,21,22). The molecule has 27 heavy (non-hydrogen) atoms. The van der Waals surface area contributed by atoms with Crippen molar-refractivity contribution in [2.45, 2.75) is 66.0 Å². The van der Waals surface area contributed by atoms with Crippen molar-refractivity contribution in [2.75, 3.05) is 19.6 Å². The summed E-state index contributed by atoms with van der Waals surface area (Å²) in [5, 5.41) is 15.2. The highest BCUT2D eigenvalue weighted by atomic mass is 16.2. The van der Waals surface area contributed by atoms with E-state index in [4.69, 9.17) is 4.99 Å². The van der Waals surface area contributed by atoms with Gasteiger partial charge in [-0.1, -0.05) is 27.2 Å². The van der Waals surface area contributed by atoms with Crippen LogP contribution in [0.3, 0.4) is 0 Å². The number of amides is 1. The fourth-order valence-corrected chi connectivity index (χ4v) is 3.08. The van der Waals surface area contributed by atoms with Crippen molar-refractivity contribution in [1.29, 1.82) is 0 Å². The van der Waals surface area contributed by atoms with E-state index in [9.17, 15) is 4.79 Å². The van der Waals surface area contributed by atoms with Crippen molar-refractivity contribution >= 4 is 11.9 Å². The third-order valence-corrected chi connectivity index (χ3v) is 5.03. The summed E-state index contributed by atoms with van der Waals surface area (Å²) in [5.41, 5.74) is 0. The number of hydrogen-bond acceptors (Lipinski definition) is 4. The summed E-state index contributed by atoms with van der Waals surface area (Å²) in [4.78, 5) is 18.8. The number of aliphatic imine (C=N–C) groups is 1. The Hall–Kier alpha value is -2.12. The zero-order chi connectivity index (χ0) is 19.8. The van der Waals surface area contributed by atoms with E-state index in [1.54, 1.807) is 0 Å². The number of guanidine groups is 1. The molecule has 1 saturated heterocycles. The summed E-state index contributed by atoms with van der Waals surface area (Å²) in [5.74, 6) is 2.87. The largest absolute Gasteiger partial charge is 0.356 e. The summed E-state index contributed by atoms with van der Waals surface area (Å²) >= 11 is 0. The zero-order valence-electron chi connectivity index (χ0n) is 17.5. The first-order chi connectivity index (χ1) is 12.9. The summed E-state index contributed by atoms with van der Waals surface area (Å²) in [6, 6.07) is 0.329. The minimum Gasteiger partial charge on any atom is -0.356 e. The van der Waals surface area contributed by atoms with Crippen molar-refractivity contribution in [3.63, 3.8) is 0 Å². The Morgan fingerprint density at radius 3 is 2.56 bits per heavy atom. The molecule has 0 aliphatic carbocycles. The molecule has 2 N–H and O–H groups in total. The number of piperidine rings is 1. The molecule has 0 spiro atoms. The quantitative estimate of drug-likeness (QED) is 0.428. The highest BCUT2D eigenvalue weighted by Crippen LogP contribution is 2.13. The highest BCUT2D eigenvalue weighted by molar-refractivity contribution is 5.80. The Morgan fingerprint density at radius 1 is 1.30 bits per heavy atom. The molecule has 8 heteroatoms. The van der Waals surface area contributed by atoms with Gasteiger partial charge in [0.2, 0.25) is 5.91 Å². The molecule has 0 saturated carbocycles. The molecule has 0 aromatic carbocycles. The Morgan fingerprint density at radius 2 is 2.00 bits per heavy atom. The number of aryl methyl sites for hydroxylation is 1. The first kappa shape index (κ1) is 21.2. The van der Waals surface area contributed by atoms with Gasteiger partial charge in [-0.15, -0.1) is 10.2 Å². The lowest BCUT2D eigenvalue weighted by molar-refractivity contribution is -0.135. The van der Waals surface area contributed by atoms with Crippen LogP contribution in [0.25, 0.3) is 0 Å². The van der Waals surface area contributed by atoms with E-state index < -0.39 is 0 Å². The van der Waals surface area contributed by atoms with Crippen molar-refractivity contribution in [3.8, 4) is 0 Å². The summed E-state index contributed by atoms with van der Waals surface area (Å²) in [7, 11) is 1.96. The maximum absolute atomic E-state index is 12.1. The van der Waals surface area contributed by atoms with E-state index >= 15 is 0 Å². The molecule has 0 bridgehead atoms. The summed E-state index contributed by atoms with van der Waals surface area (Å²) in [6.45, 7) is 11.0. The second-order valence-corrected chi connectivity index (χ2v) is 7.57. The van der Waals surface area contributed by atoms with E-state index in [1.807, 2.05) is 37.3 Å². The van der Waals surface area contributed by atoms with E-state index in [0.29, 0.717) is 12.6 Å². The smallest absolute Gasteiger partial charge is 0.225 e. The molecule has 2 rings (SSSR count). The molecule has 0 radical (unpaired) electrons. The van der Waals surface area contributed by atoms with Gasteiger partial charge in [0.1, 0.15) is 12.4 Å². The molecule has 1 aliphatic rings. The third-order valence-electron chi connectivity index (χ3n) is 5.03. The maximum Gasteiger partial charge on any atom is 0.225 e. The van der Waals surface area contributed by atoms with E-state index in [-0.39, 0.29) is 11.8 Å². The second-order valence-electron chi connectivity index (χ2n) is 7.57. The Bertz CT molecular complexity index is 630. The first-order valence-electron chi connectivity index (χ1n) is 10.1. The van der Waals surface area contributed by atoms with Crippen LogP contribution in [0.4, 0.5) is 0 Å². The van der Waals surface area contributed by atoms with Gasteiger partial charge in [-0.25, -0.2) is 4.99 Å². The lowest BCUT2D eigenvalue weighted by Crippen LogP contribution is -2.50. The number of carbonyl (C=O) groups excluding carboxylic acids is 1. The van der Waals surface area contributed by atoms with E-state index in [2.05, 4.69) is 27.8 Å². The van der Waals surface area contributed by atoms with E-state index in [1.165, 1.54) is 0 Å². The van der Waals surface area contributed by atoms with Gasteiger partial charge >= 0.3 is 0 Å². The van der Waals surface area contributed by atoms with Gasteiger partial charge in [0, 0.05) is 38.6 Å². The predicted octanol–water partition coefficient (Wildman–Crippen LogP) is 1.61. The molecule has 1 amide bonds. The van der Waals surface area contributed by atoms with E-state index in [0.717, 1.165) is 62.9 Å². The van der Waals surface area contributed by atoms with Crippen LogP contribution in [0.5, 0.6) is 0 Å². The van der Waals surface area contributed by atoms with Crippen molar-refractivity contribution in [1.82, 2.24) is 30.3 Å². The number of unbranched alkanes of at least 4 members (excludes halogenated alkanes) is 1. The van der Waals surface area contributed by atoms with Crippen LogP contribution >= 0.6 is 0 Å². The van der Waals surface area contributed by atoms with Crippen LogP contribution in [0, 0.1) is 12.8 Å². The molecule has 1 aromatic rings. The SMILES string of the molecule is CCCCNC(=NCc1nnc(C)n1C)NC1CCN(C(=O)C(C)C)CC1. The number of nitrogens with one attached hydrogen (secondary N) is 2. The minimum absolute atomic E-state index is 0.0668. The van der Waals surface area contributed by atoms with Gasteiger partial charge < -0.3 is 20.1 Å². The summed E-state index contributed by atoms with van der Waals surface area (Å²) in [6.07, 6.45) is 4.12. The van der Waals surface area contributed by atoms with Crippen LogP contribution in [0.15, 0.2) is 4.99 Å². The fourth-order valence-electron chi connectivity index (χ4n) is 3.08. The average Bonchev–Trinajstić information content (AvgIpc) is 2.98. The molecule has 0 unspecified atom stereocenters. The monoisotopic (exact) mass is 377 g/mol. The molecule has 0 atom stereocenters. The van der Waals surface area contributed by atoms with Gasteiger partial charge in [-0.05, 0) is 26.2 Å². The maximum atomic E-state index is 12.1. The summed E-state index contributed by atoms with van der Waals surface area (Å²) < 4.78 is 1.96. The molecule has 152 valence electrons. The van der Waals surface area contributed by atoms with Crippen molar-refractivity contribution in [3.05, 3.63) is 11.6 Å². The number of likely N-dealkylation sites (tertiary alicyclic amines) is 1. The van der Waals surface area contributed by atoms with Crippen LogP contribution in [0.1, 0.15) is 58.1 Å². The molecule has 1 fully saturated rings. The number of carbonyl (C=O) groups is 1. The van der Waals surface area contributed by atoms with Crippen molar-refractivity contribution < 1.29 is 4.79 Å². The molecule has 8 nitrogen and oxygen atoms in total. The van der Waals surface area contributed by atoms with Gasteiger partial charge in [0.15, 0.2) is 11.8 Å².